The van der Waals surface area contributed by atoms with Crippen molar-refractivity contribution in [3.63, 3.8) is 0 Å². The summed E-state index contributed by atoms with van der Waals surface area (Å²) in [6.45, 7) is 6.10. The van der Waals surface area contributed by atoms with Crippen LogP contribution in [0.5, 0.6) is 0 Å². The van der Waals surface area contributed by atoms with Crippen LogP contribution in [0.2, 0.25) is 0 Å². The fourth-order valence-corrected chi connectivity index (χ4v) is 3.26. The van der Waals surface area contributed by atoms with Gasteiger partial charge in [-0.2, -0.15) is 0 Å². The summed E-state index contributed by atoms with van der Waals surface area (Å²) in [4.78, 5) is 23.1. The minimum absolute atomic E-state index is 0.00432. The van der Waals surface area contributed by atoms with E-state index in [0.29, 0.717) is 19.3 Å². The van der Waals surface area contributed by atoms with Crippen LogP contribution < -0.4 is 5.32 Å². The minimum atomic E-state index is -0.753. The number of carbonyl (C=O) groups excluding carboxylic acids is 1. The largest absolute Gasteiger partial charge is 0.481 e. The molecule has 4 nitrogen and oxygen atoms in total. The Hall–Kier alpha value is -1.84. The Morgan fingerprint density at radius 3 is 2.33 bits per heavy atom. The molecule has 0 aliphatic heterocycles. The fourth-order valence-electron chi connectivity index (χ4n) is 3.26. The van der Waals surface area contributed by atoms with Gasteiger partial charge in [0.1, 0.15) is 0 Å². The van der Waals surface area contributed by atoms with Crippen LogP contribution in [0.1, 0.15) is 41.5 Å². The SMILES string of the molecule is Cc1cc(C)c(CC(=O)N[C@@H]2CC[C@H](C(=O)O)C2)c(C)c1. The highest BCUT2D eigenvalue weighted by atomic mass is 16.4. The highest BCUT2D eigenvalue weighted by molar-refractivity contribution is 5.80. The number of rotatable bonds is 4. The monoisotopic (exact) mass is 289 g/mol. The van der Waals surface area contributed by atoms with E-state index in [9.17, 15) is 9.59 Å². The van der Waals surface area contributed by atoms with Crippen molar-refractivity contribution in [3.05, 3.63) is 34.4 Å². The van der Waals surface area contributed by atoms with E-state index in [-0.39, 0.29) is 17.9 Å². The van der Waals surface area contributed by atoms with Gasteiger partial charge in [-0.1, -0.05) is 17.7 Å². The first-order valence-corrected chi connectivity index (χ1v) is 7.45. The predicted octanol–water partition coefficient (Wildman–Crippen LogP) is 2.52. The van der Waals surface area contributed by atoms with Gasteiger partial charge in [-0.05, 0) is 56.7 Å². The first-order chi connectivity index (χ1) is 9.86. The second kappa shape index (κ2) is 6.29. The van der Waals surface area contributed by atoms with Crippen LogP contribution >= 0.6 is 0 Å². The smallest absolute Gasteiger partial charge is 0.306 e. The van der Waals surface area contributed by atoms with Gasteiger partial charge in [-0.15, -0.1) is 0 Å². The van der Waals surface area contributed by atoms with Gasteiger partial charge in [0.25, 0.3) is 0 Å². The highest BCUT2D eigenvalue weighted by Crippen LogP contribution is 2.26. The molecule has 1 aliphatic rings. The van der Waals surface area contributed by atoms with Crippen molar-refractivity contribution < 1.29 is 14.7 Å². The molecule has 0 radical (unpaired) electrons. The van der Waals surface area contributed by atoms with Crippen LogP contribution in [0.25, 0.3) is 0 Å². The van der Waals surface area contributed by atoms with Gasteiger partial charge in [0.05, 0.1) is 12.3 Å². The van der Waals surface area contributed by atoms with Crippen LogP contribution in [0.3, 0.4) is 0 Å². The van der Waals surface area contributed by atoms with Crippen molar-refractivity contribution in [1.82, 2.24) is 5.32 Å². The molecule has 0 spiro atoms. The molecule has 2 N–H and O–H groups in total. The Morgan fingerprint density at radius 2 is 1.81 bits per heavy atom. The maximum atomic E-state index is 12.2. The molecule has 1 aromatic carbocycles. The molecule has 2 rings (SSSR count). The third kappa shape index (κ3) is 3.84. The van der Waals surface area contributed by atoms with Gasteiger partial charge >= 0.3 is 5.97 Å². The number of amides is 1. The minimum Gasteiger partial charge on any atom is -0.481 e. The van der Waals surface area contributed by atoms with Gasteiger partial charge in [-0.25, -0.2) is 0 Å². The topological polar surface area (TPSA) is 66.4 Å². The van der Waals surface area contributed by atoms with Gasteiger partial charge in [-0.3, -0.25) is 9.59 Å². The zero-order valence-corrected chi connectivity index (χ0v) is 12.9. The summed E-state index contributed by atoms with van der Waals surface area (Å²) in [6.07, 6.45) is 2.33. The molecular weight excluding hydrogens is 266 g/mol. The number of aryl methyl sites for hydroxylation is 3. The molecule has 0 bridgehead atoms. The number of hydrogen-bond donors (Lipinski definition) is 2. The van der Waals surface area contributed by atoms with E-state index in [1.807, 2.05) is 13.8 Å². The van der Waals surface area contributed by atoms with E-state index >= 15 is 0 Å². The summed E-state index contributed by atoms with van der Waals surface area (Å²) in [7, 11) is 0. The molecule has 2 atom stereocenters. The van der Waals surface area contributed by atoms with E-state index in [0.717, 1.165) is 23.1 Å². The lowest BCUT2D eigenvalue weighted by Crippen LogP contribution is -2.34. The molecular formula is C17H23NO3. The number of aliphatic carboxylic acids is 1. The second-order valence-electron chi connectivity index (χ2n) is 6.17. The van der Waals surface area contributed by atoms with Gasteiger partial charge < -0.3 is 10.4 Å². The number of benzene rings is 1. The third-order valence-corrected chi connectivity index (χ3v) is 4.32. The summed E-state index contributed by atoms with van der Waals surface area (Å²) >= 11 is 0. The molecule has 1 aromatic rings. The lowest BCUT2D eigenvalue weighted by molar-refractivity contribution is -0.141. The average molecular weight is 289 g/mol. The van der Waals surface area contributed by atoms with E-state index in [1.165, 1.54) is 5.56 Å². The van der Waals surface area contributed by atoms with E-state index in [1.54, 1.807) is 0 Å². The lowest BCUT2D eigenvalue weighted by atomic mass is 9.97. The lowest BCUT2D eigenvalue weighted by Gasteiger charge is -2.15. The highest BCUT2D eigenvalue weighted by Gasteiger charge is 2.30. The first kappa shape index (κ1) is 15.5. The molecule has 0 heterocycles. The Labute approximate surface area is 125 Å². The Balaban J connectivity index is 1.96. The predicted molar refractivity (Wildman–Crippen MR) is 81.3 cm³/mol. The van der Waals surface area contributed by atoms with Crippen LogP contribution in [-0.4, -0.2) is 23.0 Å². The van der Waals surface area contributed by atoms with Crippen LogP contribution in [0.4, 0.5) is 0 Å². The number of nitrogens with one attached hydrogen (secondary N) is 1. The zero-order valence-electron chi connectivity index (χ0n) is 12.9. The standard InChI is InChI=1S/C17H23NO3/c1-10-6-11(2)15(12(3)7-10)9-16(19)18-14-5-4-13(8-14)17(20)21/h6-7,13-14H,4-5,8-9H2,1-3H3,(H,18,19)(H,20,21)/t13-,14+/m0/s1. The number of carboxylic acids is 1. The zero-order chi connectivity index (χ0) is 15.6. The quantitative estimate of drug-likeness (QED) is 0.895. The normalized spacial score (nSPS) is 21.3. The number of carbonyl (C=O) groups is 2. The van der Waals surface area contributed by atoms with Crippen molar-refractivity contribution in [1.29, 1.82) is 0 Å². The van der Waals surface area contributed by atoms with E-state index in [2.05, 4.69) is 24.4 Å². The molecule has 114 valence electrons. The summed E-state index contributed by atoms with van der Waals surface area (Å²) in [5.74, 6) is -1.07. The van der Waals surface area contributed by atoms with Crippen LogP contribution in [0, 0.1) is 26.7 Å². The van der Waals surface area contributed by atoms with Crippen molar-refractivity contribution in [2.24, 2.45) is 5.92 Å². The fraction of sp³-hybridized carbons (Fsp3) is 0.529. The Kier molecular flexibility index (Phi) is 4.66. The Morgan fingerprint density at radius 1 is 1.19 bits per heavy atom. The van der Waals surface area contributed by atoms with E-state index in [4.69, 9.17) is 5.11 Å². The van der Waals surface area contributed by atoms with Crippen molar-refractivity contribution in [2.45, 2.75) is 52.5 Å². The Bertz CT molecular complexity index is 542. The first-order valence-electron chi connectivity index (χ1n) is 7.45. The molecule has 1 saturated carbocycles. The van der Waals surface area contributed by atoms with Crippen LogP contribution in [0.15, 0.2) is 12.1 Å². The molecule has 1 fully saturated rings. The summed E-state index contributed by atoms with van der Waals surface area (Å²) in [5, 5.41) is 12.0. The summed E-state index contributed by atoms with van der Waals surface area (Å²) in [6, 6.07) is 4.18. The molecule has 0 unspecified atom stereocenters. The molecule has 4 heteroatoms. The average Bonchev–Trinajstić information content (AvgIpc) is 2.82. The summed E-state index contributed by atoms with van der Waals surface area (Å²) < 4.78 is 0. The summed E-state index contributed by atoms with van der Waals surface area (Å²) in [5.41, 5.74) is 4.55. The maximum absolute atomic E-state index is 12.2. The van der Waals surface area contributed by atoms with Crippen molar-refractivity contribution in [3.8, 4) is 0 Å². The number of carboxylic acid groups (broad SMARTS) is 1. The van der Waals surface area contributed by atoms with Crippen molar-refractivity contribution >= 4 is 11.9 Å². The van der Waals surface area contributed by atoms with Gasteiger partial charge in [0, 0.05) is 6.04 Å². The third-order valence-electron chi connectivity index (χ3n) is 4.32. The molecule has 1 aliphatic carbocycles. The van der Waals surface area contributed by atoms with Crippen molar-refractivity contribution in [2.75, 3.05) is 0 Å². The molecule has 0 saturated heterocycles. The van der Waals surface area contributed by atoms with Gasteiger partial charge in [0.2, 0.25) is 5.91 Å². The molecule has 1 amide bonds. The second-order valence-corrected chi connectivity index (χ2v) is 6.17. The van der Waals surface area contributed by atoms with Crippen LogP contribution in [-0.2, 0) is 16.0 Å². The number of hydrogen-bond acceptors (Lipinski definition) is 2. The molecule has 0 aromatic heterocycles. The molecule has 21 heavy (non-hydrogen) atoms. The maximum Gasteiger partial charge on any atom is 0.306 e. The van der Waals surface area contributed by atoms with E-state index < -0.39 is 5.97 Å². The van der Waals surface area contributed by atoms with Gasteiger partial charge in [0.15, 0.2) is 0 Å².